The standard InChI is InChI=1S/C26H27ClN4O3S/c1-4-14-33-24(32)22-17(3)28-25-29-26(35-15-5-2)30-31(25)23(22)19-11-7-9-13-21(19)34-16-18-10-6-8-12-20(18)27/h4,6-13,23H,1,5,14-16H2,2-3H3,(H,28,29,30). The summed E-state index contributed by atoms with van der Waals surface area (Å²) in [5.41, 5.74) is 2.72. The maximum Gasteiger partial charge on any atom is 0.338 e. The molecule has 0 bridgehead atoms. The normalized spacial score (nSPS) is 14.8. The Labute approximate surface area is 214 Å². The van der Waals surface area contributed by atoms with E-state index in [1.54, 1.807) is 22.5 Å². The molecule has 1 atom stereocenters. The summed E-state index contributed by atoms with van der Waals surface area (Å²) in [4.78, 5) is 17.8. The molecule has 0 amide bonds. The SMILES string of the molecule is C=CCOC(=O)C1=C(C)Nc2nc(SCCC)nn2C1c1ccccc1OCc1ccccc1Cl. The van der Waals surface area contributed by atoms with Gasteiger partial charge in [-0.3, -0.25) is 0 Å². The fourth-order valence-corrected chi connectivity index (χ4v) is 4.63. The number of allylic oxidation sites excluding steroid dienone is 1. The molecule has 2 heterocycles. The number of benzene rings is 2. The zero-order valence-electron chi connectivity index (χ0n) is 19.7. The van der Waals surface area contributed by atoms with Gasteiger partial charge in [0.15, 0.2) is 0 Å². The van der Waals surface area contributed by atoms with Crippen molar-refractivity contribution in [3.05, 3.63) is 88.6 Å². The molecule has 0 saturated heterocycles. The van der Waals surface area contributed by atoms with E-state index in [-0.39, 0.29) is 13.2 Å². The molecule has 9 heteroatoms. The number of ether oxygens (including phenoxy) is 2. The highest BCUT2D eigenvalue weighted by Crippen LogP contribution is 2.40. The van der Waals surface area contributed by atoms with Crippen LogP contribution in [0.2, 0.25) is 5.02 Å². The van der Waals surface area contributed by atoms with Crippen LogP contribution in [0.1, 0.15) is 37.4 Å². The molecule has 4 rings (SSSR count). The van der Waals surface area contributed by atoms with Crippen LogP contribution in [-0.4, -0.2) is 33.1 Å². The molecule has 0 aliphatic carbocycles. The molecular weight excluding hydrogens is 484 g/mol. The van der Waals surface area contributed by atoms with Crippen molar-refractivity contribution in [2.24, 2.45) is 0 Å². The second kappa shape index (κ2) is 11.5. The molecular formula is C26H27ClN4O3S. The quantitative estimate of drug-likeness (QED) is 0.202. The van der Waals surface area contributed by atoms with Gasteiger partial charge in [0.25, 0.3) is 0 Å². The van der Waals surface area contributed by atoms with E-state index in [9.17, 15) is 4.79 Å². The number of nitrogens with one attached hydrogen (secondary N) is 1. The predicted molar refractivity (Wildman–Crippen MR) is 139 cm³/mol. The summed E-state index contributed by atoms with van der Waals surface area (Å²) < 4.78 is 13.4. The first-order valence-corrected chi connectivity index (χ1v) is 12.7. The third-order valence-electron chi connectivity index (χ3n) is 5.38. The number of esters is 1. The smallest absolute Gasteiger partial charge is 0.338 e. The number of para-hydroxylation sites is 1. The molecule has 1 aliphatic heterocycles. The van der Waals surface area contributed by atoms with Gasteiger partial charge in [0, 0.05) is 27.6 Å². The predicted octanol–water partition coefficient (Wildman–Crippen LogP) is 6.03. The molecule has 3 aromatic rings. The Hall–Kier alpha value is -3.23. The number of hydrogen-bond donors (Lipinski definition) is 1. The van der Waals surface area contributed by atoms with E-state index < -0.39 is 12.0 Å². The summed E-state index contributed by atoms with van der Waals surface area (Å²) in [6.07, 6.45) is 2.54. The highest BCUT2D eigenvalue weighted by Gasteiger charge is 2.36. The van der Waals surface area contributed by atoms with Crippen LogP contribution < -0.4 is 10.1 Å². The highest BCUT2D eigenvalue weighted by atomic mass is 35.5. The third kappa shape index (κ3) is 5.55. The third-order valence-corrected chi connectivity index (χ3v) is 6.79. The van der Waals surface area contributed by atoms with Crippen molar-refractivity contribution in [3.63, 3.8) is 0 Å². The summed E-state index contributed by atoms with van der Waals surface area (Å²) in [5, 5.41) is 9.23. The summed E-state index contributed by atoms with van der Waals surface area (Å²) in [7, 11) is 0. The van der Waals surface area contributed by atoms with Crippen LogP contribution in [0.5, 0.6) is 5.75 Å². The van der Waals surface area contributed by atoms with Crippen LogP contribution in [-0.2, 0) is 16.1 Å². The van der Waals surface area contributed by atoms with E-state index in [1.165, 1.54) is 0 Å². The molecule has 2 aromatic carbocycles. The average molecular weight is 511 g/mol. The van der Waals surface area contributed by atoms with E-state index in [0.29, 0.717) is 33.1 Å². The van der Waals surface area contributed by atoms with E-state index in [2.05, 4.69) is 23.8 Å². The number of fused-ring (bicyclic) bond motifs is 1. The zero-order chi connectivity index (χ0) is 24.8. The summed E-state index contributed by atoms with van der Waals surface area (Å²) in [6.45, 7) is 7.97. The van der Waals surface area contributed by atoms with Gasteiger partial charge in [-0.2, -0.15) is 4.98 Å². The van der Waals surface area contributed by atoms with Gasteiger partial charge in [-0.25, -0.2) is 9.48 Å². The van der Waals surface area contributed by atoms with Gasteiger partial charge in [0.2, 0.25) is 11.1 Å². The minimum atomic E-state index is -0.588. The monoisotopic (exact) mass is 510 g/mol. The van der Waals surface area contributed by atoms with E-state index >= 15 is 0 Å². The van der Waals surface area contributed by atoms with Crippen molar-refractivity contribution in [1.82, 2.24) is 14.8 Å². The van der Waals surface area contributed by atoms with Gasteiger partial charge in [0.05, 0.1) is 5.57 Å². The molecule has 1 N–H and O–H groups in total. The number of rotatable bonds is 10. The van der Waals surface area contributed by atoms with Crippen molar-refractivity contribution < 1.29 is 14.3 Å². The minimum Gasteiger partial charge on any atom is -0.488 e. The van der Waals surface area contributed by atoms with Crippen molar-refractivity contribution >= 4 is 35.3 Å². The first-order chi connectivity index (χ1) is 17.0. The van der Waals surface area contributed by atoms with Crippen LogP contribution in [0.3, 0.4) is 0 Å². The maximum absolute atomic E-state index is 13.2. The minimum absolute atomic E-state index is 0.106. The van der Waals surface area contributed by atoms with Gasteiger partial charge >= 0.3 is 5.97 Å². The Morgan fingerprint density at radius 1 is 1.26 bits per heavy atom. The number of aromatic nitrogens is 3. The Morgan fingerprint density at radius 2 is 2.03 bits per heavy atom. The topological polar surface area (TPSA) is 78.3 Å². The fraction of sp³-hybridized carbons (Fsp3) is 0.269. The largest absolute Gasteiger partial charge is 0.488 e. The van der Waals surface area contributed by atoms with Crippen LogP contribution in [0.25, 0.3) is 0 Å². The zero-order valence-corrected chi connectivity index (χ0v) is 21.2. The van der Waals surface area contributed by atoms with E-state index in [4.69, 9.17) is 26.2 Å². The molecule has 1 aliphatic rings. The molecule has 0 saturated carbocycles. The van der Waals surface area contributed by atoms with Crippen molar-refractivity contribution in [1.29, 1.82) is 0 Å². The van der Waals surface area contributed by atoms with Crippen molar-refractivity contribution in [2.45, 2.75) is 38.1 Å². The first-order valence-electron chi connectivity index (χ1n) is 11.3. The number of halogens is 1. The van der Waals surface area contributed by atoms with Gasteiger partial charge in [-0.05, 0) is 25.5 Å². The molecule has 1 aromatic heterocycles. The molecule has 0 fully saturated rings. The maximum atomic E-state index is 13.2. The van der Waals surface area contributed by atoms with Crippen molar-refractivity contribution in [2.75, 3.05) is 17.7 Å². The van der Waals surface area contributed by atoms with Crippen LogP contribution in [0.4, 0.5) is 5.95 Å². The molecule has 182 valence electrons. The molecule has 1 unspecified atom stereocenters. The second-order valence-electron chi connectivity index (χ2n) is 7.88. The van der Waals surface area contributed by atoms with Crippen LogP contribution in [0.15, 0.2) is 77.6 Å². The lowest BCUT2D eigenvalue weighted by Gasteiger charge is -2.29. The molecule has 35 heavy (non-hydrogen) atoms. The van der Waals surface area contributed by atoms with Crippen LogP contribution >= 0.6 is 23.4 Å². The number of thioether (sulfide) groups is 1. The average Bonchev–Trinajstić information content (AvgIpc) is 3.27. The van der Waals surface area contributed by atoms with E-state index in [1.807, 2.05) is 55.5 Å². The summed E-state index contributed by atoms with van der Waals surface area (Å²) >= 11 is 7.91. The first kappa shape index (κ1) is 24.9. The Bertz CT molecular complexity index is 1260. The Kier molecular flexibility index (Phi) is 8.15. The number of anilines is 1. The van der Waals surface area contributed by atoms with Crippen molar-refractivity contribution in [3.8, 4) is 5.75 Å². The van der Waals surface area contributed by atoms with Gasteiger partial charge < -0.3 is 14.8 Å². The number of nitrogens with zero attached hydrogens (tertiary/aromatic N) is 3. The summed E-state index contributed by atoms with van der Waals surface area (Å²) in [5.74, 6) is 1.62. The summed E-state index contributed by atoms with van der Waals surface area (Å²) in [6, 6.07) is 14.6. The molecule has 0 spiro atoms. The van der Waals surface area contributed by atoms with Crippen LogP contribution in [0, 0.1) is 0 Å². The van der Waals surface area contributed by atoms with Gasteiger partial charge in [0.1, 0.15) is 25.0 Å². The lowest BCUT2D eigenvalue weighted by atomic mass is 9.95. The van der Waals surface area contributed by atoms with E-state index in [0.717, 1.165) is 23.3 Å². The molecule has 0 radical (unpaired) electrons. The second-order valence-corrected chi connectivity index (χ2v) is 9.35. The highest BCUT2D eigenvalue weighted by molar-refractivity contribution is 7.99. The Balaban J connectivity index is 1.76. The Morgan fingerprint density at radius 3 is 2.80 bits per heavy atom. The molecule has 7 nitrogen and oxygen atoms in total. The van der Waals surface area contributed by atoms with Gasteiger partial charge in [-0.15, -0.1) is 5.10 Å². The number of carbonyl (C=O) groups excluding carboxylic acids is 1. The number of hydrogen-bond acceptors (Lipinski definition) is 7. The lowest BCUT2D eigenvalue weighted by Crippen LogP contribution is -2.30. The van der Waals surface area contributed by atoms with Gasteiger partial charge in [-0.1, -0.05) is 79.3 Å². The lowest BCUT2D eigenvalue weighted by molar-refractivity contribution is -0.138. The number of carbonyl (C=O) groups is 1. The fourth-order valence-electron chi connectivity index (χ4n) is 3.76.